The molecule has 2 rings (SSSR count). The minimum absolute atomic E-state index is 0.171. The molecule has 1 fully saturated rings. The Morgan fingerprint density at radius 1 is 1.44 bits per heavy atom. The molecule has 1 heterocycles. The van der Waals surface area contributed by atoms with Crippen LogP contribution in [0.25, 0.3) is 0 Å². The summed E-state index contributed by atoms with van der Waals surface area (Å²) in [4.78, 5) is 24.2. The van der Waals surface area contributed by atoms with Gasteiger partial charge in [-0.3, -0.25) is 14.5 Å². The lowest BCUT2D eigenvalue weighted by Gasteiger charge is -2.09. The highest BCUT2D eigenvalue weighted by Gasteiger charge is 2.35. The molecule has 1 saturated heterocycles. The van der Waals surface area contributed by atoms with Gasteiger partial charge in [-0.1, -0.05) is 6.07 Å². The Hall–Kier alpha value is -1.91. The van der Waals surface area contributed by atoms with Crippen LogP contribution in [0.4, 0.5) is 4.39 Å². The van der Waals surface area contributed by atoms with E-state index in [-0.39, 0.29) is 29.9 Å². The molecule has 2 amide bonds. The van der Waals surface area contributed by atoms with Gasteiger partial charge in [0.05, 0.1) is 13.0 Å². The predicted octanol–water partition coefficient (Wildman–Crippen LogP) is 1.38. The van der Waals surface area contributed by atoms with Gasteiger partial charge in [0, 0.05) is 13.5 Å². The first-order chi connectivity index (χ1) is 8.52. The molecule has 0 saturated carbocycles. The van der Waals surface area contributed by atoms with Crippen LogP contribution in [-0.4, -0.2) is 30.9 Å². The van der Waals surface area contributed by atoms with E-state index in [2.05, 4.69) is 0 Å². The first-order valence-corrected chi connectivity index (χ1v) is 5.65. The van der Waals surface area contributed by atoms with Crippen molar-refractivity contribution in [1.82, 2.24) is 4.90 Å². The van der Waals surface area contributed by atoms with Crippen LogP contribution in [0.1, 0.15) is 12.0 Å². The number of rotatable bonds is 3. The van der Waals surface area contributed by atoms with E-state index in [0.29, 0.717) is 12.0 Å². The van der Waals surface area contributed by atoms with Crippen molar-refractivity contribution in [3.05, 3.63) is 29.6 Å². The topological polar surface area (TPSA) is 46.6 Å². The Bertz CT molecular complexity index is 501. The summed E-state index contributed by atoms with van der Waals surface area (Å²) in [5, 5.41) is 0. The number of nitrogens with zero attached hydrogens (tertiary/aromatic N) is 1. The molecular weight excluding hydrogens is 237 g/mol. The van der Waals surface area contributed by atoms with Gasteiger partial charge in [0.1, 0.15) is 0 Å². The lowest BCUT2D eigenvalue weighted by atomic mass is 9.98. The maximum atomic E-state index is 13.5. The lowest BCUT2D eigenvalue weighted by molar-refractivity contribution is -0.137. The molecule has 1 aromatic carbocycles. The monoisotopic (exact) mass is 251 g/mol. The zero-order valence-electron chi connectivity index (χ0n) is 10.3. The average Bonchev–Trinajstić information content (AvgIpc) is 2.57. The van der Waals surface area contributed by atoms with E-state index in [1.165, 1.54) is 26.3 Å². The van der Waals surface area contributed by atoms with Crippen LogP contribution in [0.5, 0.6) is 5.75 Å². The molecule has 1 atom stereocenters. The minimum atomic E-state index is -0.458. The third-order valence-corrected chi connectivity index (χ3v) is 3.17. The SMILES string of the molecule is COc1ccc(CC2CC(=O)N(C)C2=O)cc1F. The van der Waals surface area contributed by atoms with Crippen LogP contribution in [0.15, 0.2) is 18.2 Å². The number of imide groups is 1. The summed E-state index contributed by atoms with van der Waals surface area (Å²) in [5.74, 6) is -1.05. The number of hydrogen-bond donors (Lipinski definition) is 0. The molecule has 1 aliphatic heterocycles. The highest BCUT2D eigenvalue weighted by atomic mass is 19.1. The highest BCUT2D eigenvalue weighted by molar-refractivity contribution is 6.03. The fourth-order valence-electron chi connectivity index (χ4n) is 2.11. The predicted molar refractivity (Wildman–Crippen MR) is 62.5 cm³/mol. The second-order valence-corrected chi connectivity index (χ2v) is 4.37. The van der Waals surface area contributed by atoms with E-state index in [1.807, 2.05) is 0 Å². The Morgan fingerprint density at radius 3 is 2.67 bits per heavy atom. The number of benzene rings is 1. The van der Waals surface area contributed by atoms with Crippen molar-refractivity contribution in [1.29, 1.82) is 0 Å². The number of hydrogen-bond acceptors (Lipinski definition) is 3. The molecule has 1 aromatic rings. The zero-order valence-corrected chi connectivity index (χ0v) is 10.3. The maximum absolute atomic E-state index is 13.5. The molecule has 1 aliphatic rings. The summed E-state index contributed by atoms with van der Waals surface area (Å²) in [6.07, 6.45) is 0.568. The van der Waals surface area contributed by atoms with Gasteiger partial charge in [0.25, 0.3) is 0 Å². The Kier molecular flexibility index (Phi) is 3.32. The first-order valence-electron chi connectivity index (χ1n) is 5.65. The van der Waals surface area contributed by atoms with Gasteiger partial charge in [-0.05, 0) is 24.1 Å². The summed E-state index contributed by atoms with van der Waals surface area (Å²) in [7, 11) is 2.87. The van der Waals surface area contributed by atoms with Crippen LogP contribution >= 0.6 is 0 Å². The van der Waals surface area contributed by atoms with Crippen LogP contribution < -0.4 is 4.74 Å². The number of halogens is 1. The third-order valence-electron chi connectivity index (χ3n) is 3.17. The van der Waals surface area contributed by atoms with Gasteiger partial charge in [-0.25, -0.2) is 4.39 Å². The first kappa shape index (κ1) is 12.5. The van der Waals surface area contributed by atoms with E-state index in [9.17, 15) is 14.0 Å². The second kappa shape index (κ2) is 4.76. The van der Waals surface area contributed by atoms with E-state index in [0.717, 1.165) is 4.90 Å². The van der Waals surface area contributed by atoms with E-state index in [1.54, 1.807) is 6.07 Å². The van der Waals surface area contributed by atoms with Crippen LogP contribution in [0.3, 0.4) is 0 Å². The standard InChI is InChI=1S/C13H14FNO3/c1-15-12(16)7-9(13(15)17)5-8-3-4-11(18-2)10(14)6-8/h3-4,6,9H,5,7H2,1-2H3. The molecule has 5 heteroatoms. The van der Waals surface area contributed by atoms with E-state index < -0.39 is 5.82 Å². The van der Waals surface area contributed by atoms with E-state index >= 15 is 0 Å². The van der Waals surface area contributed by atoms with Crippen molar-refractivity contribution in [2.45, 2.75) is 12.8 Å². The largest absolute Gasteiger partial charge is 0.494 e. The number of carbonyl (C=O) groups is 2. The van der Waals surface area contributed by atoms with Crippen molar-refractivity contribution in [2.75, 3.05) is 14.2 Å². The molecule has 4 nitrogen and oxygen atoms in total. The molecular formula is C13H14FNO3. The maximum Gasteiger partial charge on any atom is 0.232 e. The average molecular weight is 251 g/mol. The summed E-state index contributed by atoms with van der Waals surface area (Å²) >= 11 is 0. The molecule has 0 N–H and O–H groups in total. The number of methoxy groups -OCH3 is 1. The summed E-state index contributed by atoms with van der Waals surface area (Å²) < 4.78 is 18.3. The van der Waals surface area contributed by atoms with Crippen molar-refractivity contribution in [2.24, 2.45) is 5.92 Å². The van der Waals surface area contributed by atoms with Gasteiger partial charge < -0.3 is 4.74 Å². The molecule has 96 valence electrons. The Labute approximate surface area is 104 Å². The van der Waals surface area contributed by atoms with Gasteiger partial charge in [-0.2, -0.15) is 0 Å². The van der Waals surface area contributed by atoms with Gasteiger partial charge in [0.2, 0.25) is 11.8 Å². The van der Waals surface area contributed by atoms with Crippen molar-refractivity contribution >= 4 is 11.8 Å². The normalized spacial score (nSPS) is 19.5. The Morgan fingerprint density at radius 2 is 2.17 bits per heavy atom. The minimum Gasteiger partial charge on any atom is -0.494 e. The molecule has 0 spiro atoms. The fourth-order valence-corrected chi connectivity index (χ4v) is 2.11. The highest BCUT2D eigenvalue weighted by Crippen LogP contribution is 2.24. The quantitative estimate of drug-likeness (QED) is 0.762. The third kappa shape index (κ3) is 2.20. The lowest BCUT2D eigenvalue weighted by Crippen LogP contribution is -2.26. The zero-order chi connectivity index (χ0) is 13.3. The summed E-state index contributed by atoms with van der Waals surface area (Å²) in [6, 6.07) is 4.57. The number of likely N-dealkylation sites (tertiary alicyclic amines) is 1. The molecule has 0 aliphatic carbocycles. The smallest absolute Gasteiger partial charge is 0.232 e. The number of carbonyl (C=O) groups excluding carboxylic acids is 2. The number of ether oxygens (including phenoxy) is 1. The van der Waals surface area contributed by atoms with Crippen LogP contribution in [0, 0.1) is 11.7 Å². The van der Waals surface area contributed by atoms with Gasteiger partial charge in [-0.15, -0.1) is 0 Å². The van der Waals surface area contributed by atoms with Gasteiger partial charge >= 0.3 is 0 Å². The molecule has 0 radical (unpaired) electrons. The van der Waals surface area contributed by atoms with Gasteiger partial charge in [0.15, 0.2) is 11.6 Å². The molecule has 1 unspecified atom stereocenters. The molecule has 18 heavy (non-hydrogen) atoms. The van der Waals surface area contributed by atoms with Crippen LogP contribution in [-0.2, 0) is 16.0 Å². The summed E-state index contributed by atoms with van der Waals surface area (Å²) in [5.41, 5.74) is 0.690. The van der Waals surface area contributed by atoms with Crippen molar-refractivity contribution in [3.63, 3.8) is 0 Å². The van der Waals surface area contributed by atoms with E-state index in [4.69, 9.17) is 4.74 Å². The molecule has 0 aromatic heterocycles. The molecule has 0 bridgehead atoms. The fraction of sp³-hybridized carbons (Fsp3) is 0.385. The Balaban J connectivity index is 2.13. The van der Waals surface area contributed by atoms with Crippen molar-refractivity contribution < 1.29 is 18.7 Å². The van der Waals surface area contributed by atoms with Crippen LogP contribution in [0.2, 0.25) is 0 Å². The van der Waals surface area contributed by atoms with Crippen molar-refractivity contribution in [3.8, 4) is 5.75 Å². The second-order valence-electron chi connectivity index (χ2n) is 4.37. The summed E-state index contributed by atoms with van der Waals surface area (Å²) in [6.45, 7) is 0. The number of amides is 2.